The van der Waals surface area contributed by atoms with Gasteiger partial charge in [-0.15, -0.1) is 0 Å². The maximum atomic E-state index is 5.32. The number of hydrogen-bond donors (Lipinski definition) is 0. The van der Waals surface area contributed by atoms with Crippen LogP contribution in [0.1, 0.15) is 22.3 Å². The molecule has 5 heteroatoms. The average molecular weight is 757 g/mol. The molecule has 0 amide bonds. The summed E-state index contributed by atoms with van der Waals surface area (Å²) in [4.78, 5) is 12.9. The van der Waals surface area contributed by atoms with Crippen molar-refractivity contribution in [3.8, 4) is 33.9 Å². The molecule has 270 valence electrons. The molecular formula is C53H32N4S. The van der Waals surface area contributed by atoms with Gasteiger partial charge >= 0.3 is 0 Å². The standard InChI is InChI=1S/C53H32N4S/c1-2-13-35(14-3-1)56-47-22-10-6-17-39(47)40-29-33(25-27-48(40)56)34-24-26-42-50(30-34)58-49-23-11-7-18-41(49)53(42)43-19-12-28-54-51(43)52-44(53)31-36(32-55-52)57-45-20-8-4-15-37(45)38-16-5-9-21-46(38)57/h1-32H. The molecule has 5 heterocycles. The van der Waals surface area contributed by atoms with Crippen molar-refractivity contribution in [3.63, 3.8) is 0 Å². The SMILES string of the molecule is c1ccc(-n2c3ccccc3c3cc(-c4ccc5c(c4)Sc4ccccc4C54c5cccnc5-c5ncc(-n6c7ccccc7c7ccccc76)cc54)ccc32)cc1. The molecule has 0 N–H and O–H groups in total. The van der Waals surface area contributed by atoms with Crippen LogP contribution in [0.3, 0.4) is 0 Å². The predicted octanol–water partition coefficient (Wildman–Crippen LogP) is 13.2. The highest BCUT2D eigenvalue weighted by molar-refractivity contribution is 7.99. The minimum Gasteiger partial charge on any atom is -0.309 e. The smallest absolute Gasteiger partial charge is 0.0939 e. The Hall–Kier alpha value is -7.21. The van der Waals surface area contributed by atoms with Gasteiger partial charge < -0.3 is 9.13 Å². The van der Waals surface area contributed by atoms with Crippen LogP contribution in [0, 0.1) is 0 Å². The van der Waals surface area contributed by atoms with E-state index in [-0.39, 0.29) is 0 Å². The van der Waals surface area contributed by atoms with E-state index in [1.807, 2.05) is 24.2 Å². The van der Waals surface area contributed by atoms with Gasteiger partial charge in [0, 0.05) is 48.8 Å². The van der Waals surface area contributed by atoms with Gasteiger partial charge in [-0.2, -0.15) is 0 Å². The van der Waals surface area contributed by atoms with E-state index in [0.29, 0.717) is 0 Å². The number of hydrogen-bond acceptors (Lipinski definition) is 3. The molecule has 1 aliphatic heterocycles. The first-order valence-electron chi connectivity index (χ1n) is 19.7. The van der Waals surface area contributed by atoms with Crippen molar-refractivity contribution in [2.45, 2.75) is 15.2 Å². The lowest BCUT2D eigenvalue weighted by Gasteiger charge is -2.39. The number of para-hydroxylation sites is 4. The third-order valence-electron chi connectivity index (χ3n) is 12.5. The summed E-state index contributed by atoms with van der Waals surface area (Å²) in [5.41, 5.74) is 15.5. The van der Waals surface area contributed by atoms with Gasteiger partial charge in [0.15, 0.2) is 0 Å². The molecule has 11 aromatic rings. The molecule has 0 bridgehead atoms. The summed E-state index contributed by atoms with van der Waals surface area (Å²) >= 11 is 1.86. The van der Waals surface area contributed by atoms with Crippen LogP contribution in [-0.4, -0.2) is 19.1 Å². The summed E-state index contributed by atoms with van der Waals surface area (Å²) in [6, 6.07) is 66.5. The lowest BCUT2D eigenvalue weighted by Crippen LogP contribution is -2.32. The van der Waals surface area contributed by atoms with Crippen molar-refractivity contribution in [1.29, 1.82) is 0 Å². The van der Waals surface area contributed by atoms with Gasteiger partial charge in [-0.3, -0.25) is 9.97 Å². The maximum absolute atomic E-state index is 5.32. The molecule has 58 heavy (non-hydrogen) atoms. The highest BCUT2D eigenvalue weighted by atomic mass is 32.2. The Labute approximate surface area is 338 Å². The van der Waals surface area contributed by atoms with E-state index in [9.17, 15) is 0 Å². The first kappa shape index (κ1) is 31.9. The quantitative estimate of drug-likeness (QED) is 0.180. The Balaban J connectivity index is 1.04. The van der Waals surface area contributed by atoms with E-state index in [2.05, 4.69) is 191 Å². The molecule has 0 saturated heterocycles. The van der Waals surface area contributed by atoms with Gasteiger partial charge in [0.2, 0.25) is 0 Å². The summed E-state index contributed by atoms with van der Waals surface area (Å²) in [6.45, 7) is 0. The molecule has 1 spiro atoms. The van der Waals surface area contributed by atoms with Crippen molar-refractivity contribution in [1.82, 2.24) is 19.1 Å². The molecule has 4 aromatic heterocycles. The second kappa shape index (κ2) is 11.9. The Morgan fingerprint density at radius 1 is 0.379 bits per heavy atom. The van der Waals surface area contributed by atoms with Gasteiger partial charge in [0.05, 0.1) is 50.8 Å². The van der Waals surface area contributed by atoms with Crippen LogP contribution in [-0.2, 0) is 5.41 Å². The van der Waals surface area contributed by atoms with Gasteiger partial charge in [-0.05, 0) is 94.5 Å². The van der Waals surface area contributed by atoms with Crippen molar-refractivity contribution < 1.29 is 0 Å². The summed E-state index contributed by atoms with van der Waals surface area (Å²) in [5, 5.41) is 4.97. The molecule has 1 unspecified atom stereocenters. The third kappa shape index (κ3) is 4.20. The molecule has 4 nitrogen and oxygen atoms in total. The number of rotatable bonds is 3. The second-order valence-corrected chi connectivity index (χ2v) is 16.4. The lowest BCUT2D eigenvalue weighted by atomic mass is 9.67. The highest BCUT2D eigenvalue weighted by Gasteiger charge is 2.51. The van der Waals surface area contributed by atoms with Crippen LogP contribution in [0.25, 0.3) is 77.5 Å². The largest absolute Gasteiger partial charge is 0.309 e. The molecule has 0 radical (unpaired) electrons. The molecule has 1 atom stereocenters. The first-order valence-corrected chi connectivity index (χ1v) is 20.5. The van der Waals surface area contributed by atoms with Crippen LogP contribution in [0.15, 0.2) is 204 Å². The van der Waals surface area contributed by atoms with Gasteiger partial charge in [-0.25, -0.2) is 0 Å². The number of benzene rings is 7. The molecule has 2 aliphatic rings. The number of fused-ring (bicyclic) bond motifs is 15. The fraction of sp³-hybridized carbons (Fsp3) is 0.0189. The van der Waals surface area contributed by atoms with E-state index >= 15 is 0 Å². The Morgan fingerprint density at radius 2 is 0.948 bits per heavy atom. The molecule has 1 aliphatic carbocycles. The summed E-state index contributed by atoms with van der Waals surface area (Å²) in [7, 11) is 0. The van der Waals surface area contributed by atoms with E-state index < -0.39 is 5.41 Å². The summed E-state index contributed by atoms with van der Waals surface area (Å²) in [5.74, 6) is 0. The lowest BCUT2D eigenvalue weighted by molar-refractivity contribution is 0.719. The minimum absolute atomic E-state index is 0.608. The number of pyridine rings is 2. The Morgan fingerprint density at radius 3 is 1.72 bits per heavy atom. The van der Waals surface area contributed by atoms with Crippen LogP contribution in [0.2, 0.25) is 0 Å². The highest BCUT2D eigenvalue weighted by Crippen LogP contribution is 2.62. The van der Waals surface area contributed by atoms with Crippen LogP contribution < -0.4 is 0 Å². The average Bonchev–Trinajstić information content (AvgIpc) is 3.91. The fourth-order valence-corrected chi connectivity index (χ4v) is 11.3. The zero-order valence-electron chi connectivity index (χ0n) is 31.2. The zero-order chi connectivity index (χ0) is 38.0. The third-order valence-corrected chi connectivity index (χ3v) is 13.6. The molecule has 7 aromatic carbocycles. The minimum atomic E-state index is -0.608. The van der Waals surface area contributed by atoms with E-state index in [1.165, 1.54) is 81.2 Å². The summed E-state index contributed by atoms with van der Waals surface area (Å²) < 4.78 is 4.75. The van der Waals surface area contributed by atoms with Crippen molar-refractivity contribution in [2.24, 2.45) is 0 Å². The van der Waals surface area contributed by atoms with E-state index in [4.69, 9.17) is 9.97 Å². The Bertz CT molecular complexity index is 3450. The van der Waals surface area contributed by atoms with Crippen LogP contribution in [0.5, 0.6) is 0 Å². The maximum Gasteiger partial charge on any atom is 0.0939 e. The number of aromatic nitrogens is 4. The van der Waals surface area contributed by atoms with E-state index in [0.717, 1.165) is 28.3 Å². The van der Waals surface area contributed by atoms with E-state index in [1.54, 1.807) is 0 Å². The van der Waals surface area contributed by atoms with Crippen molar-refractivity contribution >= 4 is 55.4 Å². The fourth-order valence-electron chi connectivity index (χ4n) is 10.1. The summed E-state index contributed by atoms with van der Waals surface area (Å²) in [6.07, 6.45) is 3.94. The second-order valence-electron chi connectivity index (χ2n) is 15.3. The predicted molar refractivity (Wildman–Crippen MR) is 238 cm³/mol. The molecular weight excluding hydrogens is 725 g/mol. The molecule has 13 rings (SSSR count). The molecule has 0 fully saturated rings. The Kier molecular flexibility index (Phi) is 6.55. The normalized spacial score (nSPS) is 15.2. The van der Waals surface area contributed by atoms with Crippen molar-refractivity contribution in [2.75, 3.05) is 0 Å². The van der Waals surface area contributed by atoms with Crippen LogP contribution >= 0.6 is 11.8 Å². The van der Waals surface area contributed by atoms with Gasteiger partial charge in [0.1, 0.15) is 0 Å². The van der Waals surface area contributed by atoms with Crippen molar-refractivity contribution in [3.05, 3.63) is 217 Å². The molecule has 0 saturated carbocycles. The zero-order valence-corrected chi connectivity index (χ0v) is 32.0. The van der Waals surface area contributed by atoms with Crippen LogP contribution in [0.4, 0.5) is 0 Å². The van der Waals surface area contributed by atoms with Gasteiger partial charge in [-0.1, -0.05) is 127 Å². The first-order chi connectivity index (χ1) is 28.8. The monoisotopic (exact) mass is 756 g/mol. The number of nitrogens with zero attached hydrogens (tertiary/aromatic N) is 4. The van der Waals surface area contributed by atoms with Gasteiger partial charge in [0.25, 0.3) is 0 Å². The topological polar surface area (TPSA) is 35.6 Å².